The number of aromatic nitrogens is 1. The monoisotopic (exact) mass is 221 g/mol. The van der Waals surface area contributed by atoms with Gasteiger partial charge in [-0.05, 0) is 46.0 Å². The van der Waals surface area contributed by atoms with Crippen molar-refractivity contribution < 1.29 is 0 Å². The second-order valence-corrected chi connectivity index (χ2v) is 5.18. The summed E-state index contributed by atoms with van der Waals surface area (Å²) in [5, 5.41) is 3.47. The van der Waals surface area contributed by atoms with E-state index in [0.717, 1.165) is 13.1 Å². The molecule has 16 heavy (non-hydrogen) atoms. The average molecular weight is 221 g/mol. The zero-order valence-corrected chi connectivity index (χ0v) is 11.0. The number of nitrogens with zero attached hydrogens (tertiary/aromatic N) is 2. The van der Waals surface area contributed by atoms with Crippen LogP contribution in [0.15, 0.2) is 18.5 Å². The van der Waals surface area contributed by atoms with E-state index in [4.69, 9.17) is 0 Å². The summed E-state index contributed by atoms with van der Waals surface area (Å²) >= 11 is 0. The van der Waals surface area contributed by atoms with Crippen LogP contribution in [0.4, 0.5) is 0 Å². The molecule has 3 nitrogen and oxygen atoms in total. The van der Waals surface area contributed by atoms with Gasteiger partial charge in [0.05, 0.1) is 0 Å². The minimum atomic E-state index is 0.178. The Morgan fingerprint density at radius 2 is 2.00 bits per heavy atom. The van der Waals surface area contributed by atoms with Crippen LogP contribution in [0.3, 0.4) is 0 Å². The molecule has 0 atom stereocenters. The van der Waals surface area contributed by atoms with Crippen molar-refractivity contribution in [2.24, 2.45) is 0 Å². The van der Waals surface area contributed by atoms with Crippen LogP contribution in [0.1, 0.15) is 25.0 Å². The lowest BCUT2D eigenvalue weighted by Gasteiger charge is -2.32. The molecular formula is C13H23N3. The molecule has 1 aromatic rings. The molecule has 0 saturated heterocycles. The van der Waals surface area contributed by atoms with Crippen molar-refractivity contribution >= 4 is 0 Å². The fourth-order valence-electron chi connectivity index (χ4n) is 1.39. The van der Waals surface area contributed by atoms with Crippen LogP contribution in [0.5, 0.6) is 0 Å². The standard InChI is InChI=1S/C13H23N3/c1-11-6-12(8-14-7-11)9-15-10-13(2,3)16(4)5/h6-8,15H,9-10H2,1-5H3. The van der Waals surface area contributed by atoms with Gasteiger partial charge in [0, 0.05) is 31.0 Å². The molecule has 1 heterocycles. The molecule has 0 aliphatic rings. The summed E-state index contributed by atoms with van der Waals surface area (Å²) in [6, 6.07) is 2.17. The van der Waals surface area contributed by atoms with E-state index in [0.29, 0.717) is 0 Å². The lowest BCUT2D eigenvalue weighted by Crippen LogP contribution is -2.46. The molecule has 90 valence electrons. The average Bonchev–Trinajstić information content (AvgIpc) is 2.17. The summed E-state index contributed by atoms with van der Waals surface area (Å²) in [6.07, 6.45) is 3.80. The number of pyridine rings is 1. The van der Waals surface area contributed by atoms with Crippen molar-refractivity contribution in [3.63, 3.8) is 0 Å². The molecule has 0 aliphatic carbocycles. The highest BCUT2D eigenvalue weighted by molar-refractivity contribution is 5.16. The Labute approximate surface area is 98.9 Å². The fraction of sp³-hybridized carbons (Fsp3) is 0.615. The molecule has 0 amide bonds. The second kappa shape index (κ2) is 5.41. The quantitative estimate of drug-likeness (QED) is 0.822. The molecule has 3 heteroatoms. The van der Waals surface area contributed by atoms with E-state index in [2.05, 4.69) is 56.1 Å². The molecule has 0 fully saturated rings. The van der Waals surface area contributed by atoms with Gasteiger partial charge in [-0.25, -0.2) is 0 Å². The summed E-state index contributed by atoms with van der Waals surface area (Å²) < 4.78 is 0. The predicted octanol–water partition coefficient (Wildman–Crippen LogP) is 1.82. The number of rotatable bonds is 5. The van der Waals surface area contributed by atoms with Gasteiger partial charge < -0.3 is 10.2 Å². The third kappa shape index (κ3) is 3.91. The van der Waals surface area contributed by atoms with E-state index in [9.17, 15) is 0 Å². The lowest BCUT2D eigenvalue weighted by molar-refractivity contribution is 0.190. The summed E-state index contributed by atoms with van der Waals surface area (Å²) in [5.41, 5.74) is 2.64. The Kier molecular flexibility index (Phi) is 4.44. The highest BCUT2D eigenvalue weighted by Crippen LogP contribution is 2.08. The molecule has 1 N–H and O–H groups in total. The van der Waals surface area contributed by atoms with Gasteiger partial charge in [0.25, 0.3) is 0 Å². The van der Waals surface area contributed by atoms with Gasteiger partial charge in [0.2, 0.25) is 0 Å². The lowest BCUT2D eigenvalue weighted by atomic mass is 10.0. The van der Waals surface area contributed by atoms with Crippen molar-refractivity contribution in [2.75, 3.05) is 20.6 Å². The van der Waals surface area contributed by atoms with Crippen molar-refractivity contribution in [3.05, 3.63) is 29.6 Å². The minimum absolute atomic E-state index is 0.178. The minimum Gasteiger partial charge on any atom is -0.311 e. The third-order valence-electron chi connectivity index (χ3n) is 3.03. The molecular weight excluding hydrogens is 198 g/mol. The summed E-state index contributed by atoms with van der Waals surface area (Å²) in [7, 11) is 4.21. The van der Waals surface area contributed by atoms with Crippen molar-refractivity contribution in [1.29, 1.82) is 0 Å². The Morgan fingerprint density at radius 1 is 1.31 bits per heavy atom. The molecule has 0 radical (unpaired) electrons. The molecule has 0 unspecified atom stereocenters. The third-order valence-corrected chi connectivity index (χ3v) is 3.03. The molecule has 0 bridgehead atoms. The zero-order chi connectivity index (χ0) is 12.2. The Bertz CT molecular complexity index is 332. The molecule has 0 aromatic carbocycles. The van der Waals surface area contributed by atoms with Crippen molar-refractivity contribution in [3.8, 4) is 0 Å². The van der Waals surface area contributed by atoms with Crippen molar-refractivity contribution in [2.45, 2.75) is 32.9 Å². The maximum absolute atomic E-state index is 4.18. The van der Waals surface area contributed by atoms with Gasteiger partial charge in [-0.15, -0.1) is 0 Å². The van der Waals surface area contributed by atoms with Crippen LogP contribution < -0.4 is 5.32 Å². The maximum atomic E-state index is 4.18. The largest absolute Gasteiger partial charge is 0.311 e. The smallest absolute Gasteiger partial charge is 0.0313 e. The molecule has 0 saturated carbocycles. The SMILES string of the molecule is Cc1cncc(CNCC(C)(C)N(C)C)c1. The Morgan fingerprint density at radius 3 is 2.56 bits per heavy atom. The highest BCUT2D eigenvalue weighted by Gasteiger charge is 2.19. The van der Waals surface area contributed by atoms with Gasteiger partial charge in [0.15, 0.2) is 0 Å². The van der Waals surface area contributed by atoms with Crippen LogP contribution in [0, 0.1) is 6.92 Å². The van der Waals surface area contributed by atoms with Crippen LogP contribution in [0.2, 0.25) is 0 Å². The Hall–Kier alpha value is -0.930. The number of hydrogen-bond acceptors (Lipinski definition) is 3. The van der Waals surface area contributed by atoms with Gasteiger partial charge in [-0.2, -0.15) is 0 Å². The number of likely N-dealkylation sites (N-methyl/N-ethyl adjacent to an activating group) is 1. The predicted molar refractivity (Wildman–Crippen MR) is 68.4 cm³/mol. The molecule has 1 rings (SSSR count). The molecule has 1 aromatic heterocycles. The molecule has 0 spiro atoms. The Balaban J connectivity index is 2.42. The van der Waals surface area contributed by atoms with Crippen molar-refractivity contribution in [1.82, 2.24) is 15.2 Å². The van der Waals surface area contributed by atoms with E-state index in [1.54, 1.807) is 0 Å². The van der Waals surface area contributed by atoms with Crippen LogP contribution in [-0.4, -0.2) is 36.1 Å². The van der Waals surface area contributed by atoms with E-state index in [-0.39, 0.29) is 5.54 Å². The number of hydrogen-bond donors (Lipinski definition) is 1. The van der Waals surface area contributed by atoms with E-state index in [1.165, 1.54) is 11.1 Å². The van der Waals surface area contributed by atoms with Gasteiger partial charge in [-0.1, -0.05) is 6.07 Å². The van der Waals surface area contributed by atoms with Crippen LogP contribution in [0.25, 0.3) is 0 Å². The highest BCUT2D eigenvalue weighted by atomic mass is 15.2. The first-order valence-electron chi connectivity index (χ1n) is 5.70. The maximum Gasteiger partial charge on any atom is 0.0313 e. The van der Waals surface area contributed by atoms with Gasteiger partial charge in [-0.3, -0.25) is 4.98 Å². The van der Waals surface area contributed by atoms with Gasteiger partial charge >= 0.3 is 0 Å². The summed E-state index contributed by atoms with van der Waals surface area (Å²) in [6.45, 7) is 8.38. The summed E-state index contributed by atoms with van der Waals surface area (Å²) in [5.74, 6) is 0. The first-order chi connectivity index (χ1) is 7.42. The van der Waals surface area contributed by atoms with E-state index >= 15 is 0 Å². The first-order valence-corrected chi connectivity index (χ1v) is 5.70. The van der Waals surface area contributed by atoms with Crippen LogP contribution in [-0.2, 0) is 6.54 Å². The van der Waals surface area contributed by atoms with E-state index < -0.39 is 0 Å². The topological polar surface area (TPSA) is 28.2 Å². The van der Waals surface area contributed by atoms with E-state index in [1.807, 2.05) is 12.4 Å². The molecule has 0 aliphatic heterocycles. The fourth-order valence-corrected chi connectivity index (χ4v) is 1.39. The normalized spacial score (nSPS) is 12.1. The number of aryl methyl sites for hydroxylation is 1. The van der Waals surface area contributed by atoms with Gasteiger partial charge in [0.1, 0.15) is 0 Å². The second-order valence-electron chi connectivity index (χ2n) is 5.18. The summed E-state index contributed by atoms with van der Waals surface area (Å²) in [4.78, 5) is 6.41. The number of nitrogens with one attached hydrogen (secondary N) is 1. The zero-order valence-electron chi connectivity index (χ0n) is 11.0. The van der Waals surface area contributed by atoms with Crippen LogP contribution >= 0.6 is 0 Å². The first kappa shape index (κ1) is 13.1.